The first-order chi connectivity index (χ1) is 10.6. The highest BCUT2D eigenvalue weighted by Crippen LogP contribution is 2.52. The zero-order valence-electron chi connectivity index (χ0n) is 12.9. The van der Waals surface area contributed by atoms with E-state index in [0.29, 0.717) is 22.9 Å². The molecule has 0 aromatic carbocycles. The summed E-state index contributed by atoms with van der Waals surface area (Å²) >= 11 is 0. The Bertz CT molecular complexity index is 718. The number of anilines is 1. The molecule has 2 aromatic heterocycles. The van der Waals surface area contributed by atoms with Crippen LogP contribution in [0.4, 0.5) is 5.82 Å². The number of hydrogen-bond acceptors (Lipinski definition) is 7. The molecule has 4 atom stereocenters. The zero-order valence-corrected chi connectivity index (χ0v) is 12.9. The predicted molar refractivity (Wildman–Crippen MR) is 79.5 cm³/mol. The molecule has 2 N–H and O–H groups in total. The van der Waals surface area contributed by atoms with Crippen molar-refractivity contribution in [2.75, 3.05) is 19.4 Å². The largest absolute Gasteiger partial charge is 0.382 e. The highest BCUT2D eigenvalue weighted by molar-refractivity contribution is 5.81. The molecule has 0 spiro atoms. The van der Waals surface area contributed by atoms with E-state index in [1.807, 2.05) is 9.63 Å². The fraction of sp³-hybridized carbons (Fsp3) is 0.643. The third-order valence-electron chi connectivity index (χ3n) is 5.24. The molecule has 118 valence electrons. The Morgan fingerprint density at radius 3 is 2.95 bits per heavy atom. The number of nitrogens with zero attached hydrogens (tertiary/aromatic N) is 5. The highest BCUT2D eigenvalue weighted by Gasteiger charge is 2.62. The van der Waals surface area contributed by atoms with Gasteiger partial charge < -0.3 is 15.3 Å². The average Bonchev–Trinajstić information content (AvgIpc) is 3.16. The van der Waals surface area contributed by atoms with E-state index in [1.54, 1.807) is 13.4 Å². The third-order valence-corrected chi connectivity index (χ3v) is 5.24. The van der Waals surface area contributed by atoms with Gasteiger partial charge in [0.2, 0.25) is 0 Å². The number of fused-ring (bicyclic) bond motifs is 3. The lowest BCUT2D eigenvalue weighted by Gasteiger charge is -2.36. The first kappa shape index (κ1) is 13.9. The van der Waals surface area contributed by atoms with Gasteiger partial charge in [-0.05, 0) is 6.42 Å². The summed E-state index contributed by atoms with van der Waals surface area (Å²) in [5, 5.41) is 2.01. The molecular weight excluding hydrogens is 284 g/mol. The number of hydroxylamine groups is 2. The Labute approximate surface area is 128 Å². The molecule has 2 saturated heterocycles. The molecule has 2 aromatic rings. The van der Waals surface area contributed by atoms with Crippen molar-refractivity contribution in [3.8, 4) is 0 Å². The Balaban J connectivity index is 1.81. The smallest absolute Gasteiger partial charge is 0.167 e. The molecule has 8 heteroatoms. The highest BCUT2D eigenvalue weighted by atomic mass is 16.7. The van der Waals surface area contributed by atoms with Crippen LogP contribution in [0.2, 0.25) is 0 Å². The standard InChI is InChI=1S/C14H20N6O2/c1-4-14-5-20(21-3)10(8(14)2)13(22-14)19-7-18-9-11(15)16-6-17-12(9)19/h6-8,10,13H,4-5H2,1-3H3,(H2,15,16,17)/t8-,10+,13+,14-/m0/s1. The molecule has 8 nitrogen and oxygen atoms in total. The average molecular weight is 304 g/mol. The van der Waals surface area contributed by atoms with E-state index in [2.05, 4.69) is 28.8 Å². The van der Waals surface area contributed by atoms with Gasteiger partial charge in [-0.2, -0.15) is 5.06 Å². The van der Waals surface area contributed by atoms with Gasteiger partial charge in [-0.25, -0.2) is 15.0 Å². The van der Waals surface area contributed by atoms with E-state index < -0.39 is 0 Å². The molecule has 0 amide bonds. The van der Waals surface area contributed by atoms with Gasteiger partial charge in [0.05, 0.1) is 31.6 Å². The SMILES string of the molecule is CC[C@@]12CN(OC)[C@@H]([C@H](n3cnc4c(N)ncnc43)O1)[C@@H]2C. The van der Waals surface area contributed by atoms with Crippen LogP contribution in [-0.4, -0.2) is 49.9 Å². The molecule has 2 aliphatic rings. The summed E-state index contributed by atoms with van der Waals surface area (Å²) in [5.74, 6) is 0.743. The first-order valence-corrected chi connectivity index (χ1v) is 7.53. The second-order valence-electron chi connectivity index (χ2n) is 6.05. The van der Waals surface area contributed by atoms with Crippen LogP contribution in [0.5, 0.6) is 0 Å². The number of morpholine rings is 1. The predicted octanol–water partition coefficient (Wildman–Crippen LogP) is 0.968. The quantitative estimate of drug-likeness (QED) is 0.903. The third kappa shape index (κ3) is 1.60. The van der Waals surface area contributed by atoms with Crippen LogP contribution in [0, 0.1) is 5.92 Å². The second-order valence-corrected chi connectivity index (χ2v) is 6.05. The van der Waals surface area contributed by atoms with Crippen molar-refractivity contribution in [3.63, 3.8) is 0 Å². The minimum Gasteiger partial charge on any atom is -0.382 e. The number of imidazole rings is 1. The van der Waals surface area contributed by atoms with Crippen LogP contribution >= 0.6 is 0 Å². The van der Waals surface area contributed by atoms with Crippen molar-refractivity contribution in [3.05, 3.63) is 12.7 Å². The summed E-state index contributed by atoms with van der Waals surface area (Å²) in [6, 6.07) is 0.124. The minimum atomic E-state index is -0.194. The maximum atomic E-state index is 6.43. The Morgan fingerprint density at radius 1 is 1.45 bits per heavy atom. The van der Waals surface area contributed by atoms with Crippen molar-refractivity contribution < 1.29 is 9.57 Å². The Kier molecular flexibility index (Phi) is 2.91. The first-order valence-electron chi connectivity index (χ1n) is 7.53. The molecule has 2 aliphatic heterocycles. The number of nitrogen functional groups attached to an aromatic ring is 1. The molecule has 2 fully saturated rings. The molecule has 4 heterocycles. The number of rotatable bonds is 3. The van der Waals surface area contributed by atoms with Crippen molar-refractivity contribution in [1.29, 1.82) is 0 Å². The van der Waals surface area contributed by atoms with Crippen LogP contribution < -0.4 is 5.73 Å². The lowest BCUT2D eigenvalue weighted by Crippen LogP contribution is -2.44. The van der Waals surface area contributed by atoms with E-state index in [0.717, 1.165) is 13.0 Å². The maximum absolute atomic E-state index is 6.43. The number of hydrogen-bond donors (Lipinski definition) is 1. The Hall–Kier alpha value is -1.77. The summed E-state index contributed by atoms with van der Waals surface area (Å²) in [6.07, 6.45) is 3.93. The Morgan fingerprint density at radius 2 is 2.27 bits per heavy atom. The van der Waals surface area contributed by atoms with Crippen molar-refractivity contribution in [1.82, 2.24) is 24.6 Å². The van der Waals surface area contributed by atoms with Crippen molar-refractivity contribution in [2.24, 2.45) is 5.92 Å². The molecule has 4 rings (SSSR count). The topological polar surface area (TPSA) is 91.3 Å². The summed E-state index contributed by atoms with van der Waals surface area (Å²) in [7, 11) is 1.71. The van der Waals surface area contributed by atoms with Crippen molar-refractivity contribution >= 4 is 17.0 Å². The summed E-state index contributed by atoms with van der Waals surface area (Å²) in [4.78, 5) is 18.2. The molecule has 0 unspecified atom stereocenters. The fourth-order valence-electron chi connectivity index (χ4n) is 3.90. The molecule has 0 aliphatic carbocycles. The van der Waals surface area contributed by atoms with E-state index in [4.69, 9.17) is 15.3 Å². The number of aromatic nitrogens is 4. The van der Waals surface area contributed by atoms with Gasteiger partial charge in [-0.1, -0.05) is 13.8 Å². The molecule has 2 bridgehead atoms. The lowest BCUT2D eigenvalue weighted by atomic mass is 9.88. The van der Waals surface area contributed by atoms with Gasteiger partial charge in [-0.3, -0.25) is 4.57 Å². The van der Waals surface area contributed by atoms with Crippen LogP contribution in [0.3, 0.4) is 0 Å². The molecular formula is C14H20N6O2. The maximum Gasteiger partial charge on any atom is 0.167 e. The van der Waals surface area contributed by atoms with Gasteiger partial charge in [0.25, 0.3) is 0 Å². The van der Waals surface area contributed by atoms with Crippen LogP contribution in [0.15, 0.2) is 12.7 Å². The van der Waals surface area contributed by atoms with E-state index >= 15 is 0 Å². The summed E-state index contributed by atoms with van der Waals surface area (Å²) in [5.41, 5.74) is 6.98. The lowest BCUT2D eigenvalue weighted by molar-refractivity contribution is -0.234. The number of ether oxygens (including phenoxy) is 1. The summed E-state index contributed by atoms with van der Waals surface area (Å²) < 4.78 is 8.38. The number of nitrogens with two attached hydrogens (primary N) is 1. The van der Waals surface area contributed by atoms with Crippen molar-refractivity contribution in [2.45, 2.75) is 38.1 Å². The van der Waals surface area contributed by atoms with E-state index in [1.165, 1.54) is 6.33 Å². The van der Waals surface area contributed by atoms with E-state index in [9.17, 15) is 0 Å². The normalized spacial score (nSPS) is 34.8. The van der Waals surface area contributed by atoms with Gasteiger partial charge >= 0.3 is 0 Å². The monoisotopic (exact) mass is 304 g/mol. The van der Waals surface area contributed by atoms with E-state index in [-0.39, 0.29) is 17.9 Å². The van der Waals surface area contributed by atoms with Gasteiger partial charge in [-0.15, -0.1) is 0 Å². The van der Waals surface area contributed by atoms with Gasteiger partial charge in [0.15, 0.2) is 17.7 Å². The van der Waals surface area contributed by atoms with Crippen LogP contribution in [0.1, 0.15) is 26.5 Å². The molecule has 22 heavy (non-hydrogen) atoms. The van der Waals surface area contributed by atoms with Crippen LogP contribution in [-0.2, 0) is 9.57 Å². The molecule has 0 saturated carbocycles. The van der Waals surface area contributed by atoms with Gasteiger partial charge in [0.1, 0.15) is 11.8 Å². The van der Waals surface area contributed by atoms with Gasteiger partial charge in [0, 0.05) is 5.92 Å². The zero-order chi connectivity index (χ0) is 15.5. The molecule has 0 radical (unpaired) electrons. The fourth-order valence-corrected chi connectivity index (χ4v) is 3.90. The second kappa shape index (κ2) is 4.61. The van der Waals surface area contributed by atoms with Crippen LogP contribution in [0.25, 0.3) is 11.2 Å². The minimum absolute atomic E-state index is 0.124. The summed E-state index contributed by atoms with van der Waals surface area (Å²) in [6.45, 7) is 5.16.